The van der Waals surface area contributed by atoms with Crippen LogP contribution in [0, 0.1) is 17.0 Å². The Hall–Kier alpha value is -2.48. The zero-order valence-electron chi connectivity index (χ0n) is 9.99. The number of nitrogens with one attached hydrogen (secondary N) is 1. The summed E-state index contributed by atoms with van der Waals surface area (Å²) in [6.45, 7) is 0.995. The third-order valence-electron chi connectivity index (χ3n) is 2.42. The normalized spacial score (nSPS) is 11.7. The number of nitro benzene ring substituents is 1. The average molecular weight is 268 g/mol. The summed E-state index contributed by atoms with van der Waals surface area (Å²) in [5, 5.41) is 30.4. The second kappa shape index (κ2) is 5.91. The zero-order valence-corrected chi connectivity index (χ0v) is 9.99. The van der Waals surface area contributed by atoms with E-state index in [1.807, 2.05) is 0 Å². The van der Waals surface area contributed by atoms with Crippen LogP contribution in [-0.2, 0) is 4.79 Å². The minimum atomic E-state index is -1.76. The number of nitro groups is 1. The molecule has 1 aromatic rings. The summed E-state index contributed by atoms with van der Waals surface area (Å²) in [4.78, 5) is 32.3. The van der Waals surface area contributed by atoms with E-state index in [-0.39, 0.29) is 11.3 Å². The highest BCUT2D eigenvalue weighted by Gasteiger charge is 2.23. The summed E-state index contributed by atoms with van der Waals surface area (Å²) >= 11 is 0. The highest BCUT2D eigenvalue weighted by atomic mass is 16.6. The van der Waals surface area contributed by atoms with Crippen LogP contribution in [0.15, 0.2) is 18.2 Å². The minimum absolute atomic E-state index is 0.148. The third-order valence-corrected chi connectivity index (χ3v) is 2.42. The van der Waals surface area contributed by atoms with E-state index in [1.54, 1.807) is 0 Å². The van der Waals surface area contributed by atoms with Crippen LogP contribution in [0.3, 0.4) is 0 Å². The molecule has 0 fully saturated rings. The molecule has 0 saturated carbocycles. The first kappa shape index (κ1) is 14.6. The van der Waals surface area contributed by atoms with Gasteiger partial charge in [-0.1, -0.05) is 12.1 Å². The maximum absolute atomic E-state index is 11.8. The summed E-state index contributed by atoms with van der Waals surface area (Å²) in [5.74, 6) is -2.29. The Morgan fingerprint density at radius 3 is 2.63 bits per heavy atom. The molecule has 1 atom stereocenters. The van der Waals surface area contributed by atoms with Crippen molar-refractivity contribution in [1.82, 2.24) is 5.32 Å². The van der Waals surface area contributed by atoms with Crippen molar-refractivity contribution in [2.45, 2.75) is 13.0 Å². The molecule has 0 heterocycles. The average Bonchev–Trinajstić information content (AvgIpc) is 2.34. The Morgan fingerprint density at radius 1 is 1.47 bits per heavy atom. The Morgan fingerprint density at radius 2 is 2.11 bits per heavy atom. The predicted molar refractivity (Wildman–Crippen MR) is 63.8 cm³/mol. The molecule has 1 amide bonds. The van der Waals surface area contributed by atoms with Gasteiger partial charge in [-0.2, -0.15) is 0 Å². The predicted octanol–water partition coefficient (Wildman–Crippen LogP) is 0.0785. The summed E-state index contributed by atoms with van der Waals surface area (Å²) in [5.41, 5.74) is -0.135. The number of amides is 1. The summed E-state index contributed by atoms with van der Waals surface area (Å²) < 4.78 is 0. The fraction of sp³-hybridized carbons (Fsp3) is 0.273. The number of benzene rings is 1. The number of aliphatic hydroxyl groups is 1. The number of hydrogen-bond donors (Lipinski definition) is 3. The van der Waals surface area contributed by atoms with Gasteiger partial charge in [0.1, 0.15) is 5.56 Å². The molecular weight excluding hydrogens is 256 g/mol. The van der Waals surface area contributed by atoms with Crippen LogP contribution in [0.2, 0.25) is 0 Å². The van der Waals surface area contributed by atoms with E-state index in [9.17, 15) is 19.7 Å². The molecule has 19 heavy (non-hydrogen) atoms. The molecule has 0 bridgehead atoms. The van der Waals surface area contributed by atoms with E-state index in [0.29, 0.717) is 5.56 Å². The van der Waals surface area contributed by atoms with Crippen LogP contribution in [0.25, 0.3) is 0 Å². The van der Waals surface area contributed by atoms with Gasteiger partial charge in [-0.25, -0.2) is 4.79 Å². The highest BCUT2D eigenvalue weighted by Crippen LogP contribution is 2.21. The van der Waals surface area contributed by atoms with Crippen molar-refractivity contribution in [3.63, 3.8) is 0 Å². The number of rotatable bonds is 5. The minimum Gasteiger partial charge on any atom is -0.479 e. The second-order valence-electron chi connectivity index (χ2n) is 3.79. The molecule has 3 N–H and O–H groups in total. The number of hydrogen-bond acceptors (Lipinski definition) is 5. The van der Waals surface area contributed by atoms with E-state index in [1.165, 1.54) is 25.1 Å². The van der Waals surface area contributed by atoms with Crippen molar-refractivity contribution in [1.29, 1.82) is 0 Å². The molecule has 1 aromatic carbocycles. The molecule has 0 aromatic heterocycles. The molecule has 0 aliphatic rings. The molecule has 0 radical (unpaired) electrons. The number of nitrogens with zero attached hydrogens (tertiary/aromatic N) is 1. The van der Waals surface area contributed by atoms with E-state index in [0.717, 1.165) is 0 Å². The summed E-state index contributed by atoms with van der Waals surface area (Å²) in [6, 6.07) is 4.14. The van der Waals surface area contributed by atoms with Crippen molar-refractivity contribution < 1.29 is 24.7 Å². The second-order valence-corrected chi connectivity index (χ2v) is 3.79. The number of carboxylic acids is 1. The SMILES string of the molecule is Cc1cccc([N+](=O)[O-])c1C(=O)NC[C@H](O)C(=O)O. The lowest BCUT2D eigenvalue weighted by molar-refractivity contribution is -0.385. The van der Waals surface area contributed by atoms with Gasteiger partial charge < -0.3 is 15.5 Å². The monoisotopic (exact) mass is 268 g/mol. The first-order valence-corrected chi connectivity index (χ1v) is 5.27. The van der Waals surface area contributed by atoms with Gasteiger partial charge in [0.25, 0.3) is 11.6 Å². The van der Waals surface area contributed by atoms with Crippen LogP contribution in [-0.4, -0.2) is 39.7 Å². The highest BCUT2D eigenvalue weighted by molar-refractivity contribution is 5.99. The van der Waals surface area contributed by atoms with Gasteiger partial charge in [-0.3, -0.25) is 14.9 Å². The number of carboxylic acid groups (broad SMARTS) is 1. The first-order valence-electron chi connectivity index (χ1n) is 5.27. The van der Waals surface area contributed by atoms with Gasteiger partial charge in [0.15, 0.2) is 6.10 Å². The lowest BCUT2D eigenvalue weighted by atomic mass is 10.1. The van der Waals surface area contributed by atoms with Crippen LogP contribution in [0.4, 0.5) is 5.69 Å². The quantitative estimate of drug-likeness (QED) is 0.512. The van der Waals surface area contributed by atoms with Gasteiger partial charge >= 0.3 is 5.97 Å². The van der Waals surface area contributed by atoms with Crippen molar-refractivity contribution in [2.75, 3.05) is 6.54 Å². The molecular formula is C11H12N2O6. The number of aliphatic hydroxyl groups excluding tert-OH is 1. The number of aryl methyl sites for hydroxylation is 1. The third kappa shape index (κ3) is 3.49. The molecule has 8 nitrogen and oxygen atoms in total. The van der Waals surface area contributed by atoms with Crippen LogP contribution in [0.5, 0.6) is 0 Å². The lowest BCUT2D eigenvalue weighted by Crippen LogP contribution is -2.37. The number of carbonyl (C=O) groups excluding carboxylic acids is 1. The maximum atomic E-state index is 11.8. The molecule has 102 valence electrons. The maximum Gasteiger partial charge on any atom is 0.334 e. The van der Waals surface area contributed by atoms with Gasteiger partial charge in [0.05, 0.1) is 11.5 Å². The number of carbonyl (C=O) groups is 2. The van der Waals surface area contributed by atoms with Gasteiger partial charge in [-0.15, -0.1) is 0 Å². The van der Waals surface area contributed by atoms with Crippen LogP contribution >= 0.6 is 0 Å². The smallest absolute Gasteiger partial charge is 0.334 e. The Kier molecular flexibility index (Phi) is 4.54. The molecule has 0 unspecified atom stereocenters. The Bertz CT molecular complexity index is 528. The van der Waals surface area contributed by atoms with E-state index in [4.69, 9.17) is 10.2 Å². The van der Waals surface area contributed by atoms with Crippen LogP contribution in [0.1, 0.15) is 15.9 Å². The van der Waals surface area contributed by atoms with Gasteiger partial charge in [-0.05, 0) is 12.5 Å². The number of aliphatic carboxylic acids is 1. The Balaban J connectivity index is 2.94. The standard InChI is InChI=1S/C11H12N2O6/c1-6-3-2-4-7(13(18)19)9(6)10(15)12-5-8(14)11(16)17/h2-4,8,14H,5H2,1H3,(H,12,15)(H,16,17)/t8-/m0/s1. The molecule has 1 rings (SSSR count). The van der Waals surface area contributed by atoms with E-state index in [2.05, 4.69) is 5.32 Å². The lowest BCUT2D eigenvalue weighted by Gasteiger charge is -2.09. The van der Waals surface area contributed by atoms with Crippen molar-refractivity contribution in [3.8, 4) is 0 Å². The first-order chi connectivity index (χ1) is 8.84. The summed E-state index contributed by atoms with van der Waals surface area (Å²) in [6.07, 6.45) is -1.76. The molecule has 8 heteroatoms. The zero-order chi connectivity index (χ0) is 14.6. The van der Waals surface area contributed by atoms with Crippen LogP contribution < -0.4 is 5.32 Å². The van der Waals surface area contributed by atoms with Crippen molar-refractivity contribution in [2.24, 2.45) is 0 Å². The van der Waals surface area contributed by atoms with Gasteiger partial charge in [0, 0.05) is 6.07 Å². The molecule has 0 spiro atoms. The largest absolute Gasteiger partial charge is 0.479 e. The fourth-order valence-corrected chi connectivity index (χ4v) is 1.46. The molecule has 0 aliphatic heterocycles. The van der Waals surface area contributed by atoms with Crippen molar-refractivity contribution >= 4 is 17.6 Å². The molecule has 0 saturated heterocycles. The van der Waals surface area contributed by atoms with E-state index < -0.39 is 29.4 Å². The molecule has 0 aliphatic carbocycles. The summed E-state index contributed by atoms with van der Waals surface area (Å²) in [7, 11) is 0. The van der Waals surface area contributed by atoms with Crippen molar-refractivity contribution in [3.05, 3.63) is 39.4 Å². The van der Waals surface area contributed by atoms with E-state index >= 15 is 0 Å². The fourth-order valence-electron chi connectivity index (χ4n) is 1.46. The Labute approximate surface area is 107 Å². The topological polar surface area (TPSA) is 130 Å². The van der Waals surface area contributed by atoms with Gasteiger partial charge in [0.2, 0.25) is 0 Å².